The minimum absolute atomic E-state index is 0.264. The van der Waals surface area contributed by atoms with Crippen LogP contribution in [0.1, 0.15) is 18.9 Å². The van der Waals surface area contributed by atoms with Crippen LogP contribution < -0.4 is 5.32 Å². The first kappa shape index (κ1) is 13.7. The van der Waals surface area contributed by atoms with Crippen LogP contribution in [0.15, 0.2) is 42.5 Å². The van der Waals surface area contributed by atoms with Crippen LogP contribution in [-0.4, -0.2) is 21.5 Å². The smallest absolute Gasteiger partial charge is 0.125 e. The van der Waals surface area contributed by atoms with Gasteiger partial charge in [0.15, 0.2) is 0 Å². The van der Waals surface area contributed by atoms with Crippen LogP contribution in [0, 0.1) is 5.82 Å². The third-order valence-electron chi connectivity index (χ3n) is 3.29. The summed E-state index contributed by atoms with van der Waals surface area (Å²) in [5.41, 5.74) is 3.26. The number of rotatable bonds is 5. The summed E-state index contributed by atoms with van der Waals surface area (Å²) in [5, 5.41) is 11.5. The van der Waals surface area contributed by atoms with E-state index in [0.717, 1.165) is 29.6 Å². The van der Waals surface area contributed by atoms with Gasteiger partial charge in [0.1, 0.15) is 11.3 Å². The van der Waals surface area contributed by atoms with Crippen molar-refractivity contribution in [3.05, 3.63) is 53.8 Å². The number of fused-ring (bicyclic) bond motifs is 1. The van der Waals surface area contributed by atoms with Gasteiger partial charge in [0, 0.05) is 6.54 Å². The van der Waals surface area contributed by atoms with Crippen LogP contribution in [0.5, 0.6) is 0 Å². The molecule has 0 bridgehead atoms. The number of hydrogen-bond donors (Lipinski definition) is 1. The lowest BCUT2D eigenvalue weighted by Crippen LogP contribution is -2.14. The fourth-order valence-corrected chi connectivity index (χ4v) is 2.33. The highest BCUT2D eigenvalue weighted by Gasteiger charge is 2.08. The molecule has 0 saturated heterocycles. The van der Waals surface area contributed by atoms with Crippen LogP contribution in [0.4, 0.5) is 4.39 Å². The van der Waals surface area contributed by atoms with Crippen LogP contribution in [0.3, 0.4) is 0 Å². The maximum atomic E-state index is 13.8. The maximum Gasteiger partial charge on any atom is 0.125 e. The van der Waals surface area contributed by atoms with Gasteiger partial charge in [-0.25, -0.2) is 9.07 Å². The van der Waals surface area contributed by atoms with Crippen LogP contribution in [-0.2, 0) is 6.54 Å². The second kappa shape index (κ2) is 6.01. The Kier molecular flexibility index (Phi) is 3.92. The Labute approximate surface area is 122 Å². The lowest BCUT2D eigenvalue weighted by atomic mass is 10.2. The molecule has 1 N–H and O–H groups in total. The molecule has 108 valence electrons. The van der Waals surface area contributed by atoms with Crippen molar-refractivity contribution in [2.24, 2.45) is 0 Å². The minimum atomic E-state index is -0.264. The van der Waals surface area contributed by atoms with E-state index in [2.05, 4.69) is 22.6 Å². The molecule has 0 aliphatic heterocycles. The Balaban J connectivity index is 1.98. The maximum absolute atomic E-state index is 13.8. The number of halogens is 1. The zero-order chi connectivity index (χ0) is 14.7. The van der Waals surface area contributed by atoms with Crippen LogP contribution in [0.25, 0.3) is 16.7 Å². The fourth-order valence-electron chi connectivity index (χ4n) is 2.33. The molecule has 3 aromatic rings. The monoisotopic (exact) mass is 284 g/mol. The van der Waals surface area contributed by atoms with Crippen molar-refractivity contribution in [3.63, 3.8) is 0 Å². The van der Waals surface area contributed by atoms with E-state index in [-0.39, 0.29) is 5.82 Å². The van der Waals surface area contributed by atoms with Crippen molar-refractivity contribution in [2.75, 3.05) is 6.54 Å². The normalized spacial score (nSPS) is 11.1. The molecule has 0 aliphatic rings. The van der Waals surface area contributed by atoms with E-state index in [1.165, 1.54) is 6.07 Å². The topological polar surface area (TPSA) is 42.7 Å². The molecule has 0 saturated carbocycles. The lowest BCUT2D eigenvalue weighted by molar-refractivity contribution is 0.616. The Morgan fingerprint density at radius 2 is 2.05 bits per heavy atom. The molecular weight excluding hydrogens is 267 g/mol. The highest BCUT2D eigenvalue weighted by molar-refractivity contribution is 5.75. The third-order valence-corrected chi connectivity index (χ3v) is 3.29. The van der Waals surface area contributed by atoms with Gasteiger partial charge in [0.2, 0.25) is 0 Å². The average Bonchev–Trinajstić information content (AvgIpc) is 2.91. The van der Waals surface area contributed by atoms with Crippen molar-refractivity contribution in [1.82, 2.24) is 20.3 Å². The predicted octanol–water partition coefficient (Wildman–Crippen LogP) is 3.06. The van der Waals surface area contributed by atoms with Gasteiger partial charge in [-0.2, -0.15) is 0 Å². The molecule has 21 heavy (non-hydrogen) atoms. The molecule has 4 nitrogen and oxygen atoms in total. The quantitative estimate of drug-likeness (QED) is 0.732. The van der Waals surface area contributed by atoms with Gasteiger partial charge < -0.3 is 5.32 Å². The summed E-state index contributed by atoms with van der Waals surface area (Å²) in [6.45, 7) is 3.66. The van der Waals surface area contributed by atoms with Crippen molar-refractivity contribution < 1.29 is 4.39 Å². The van der Waals surface area contributed by atoms with Crippen LogP contribution in [0.2, 0.25) is 0 Å². The largest absolute Gasteiger partial charge is 0.313 e. The SMILES string of the molecule is CCCNCc1cc(F)cc(-n2nnc3ccccc32)c1. The Hall–Kier alpha value is -2.27. The van der Waals surface area contributed by atoms with Crippen LogP contribution >= 0.6 is 0 Å². The first-order valence-corrected chi connectivity index (χ1v) is 7.09. The Bertz CT molecular complexity index is 751. The highest BCUT2D eigenvalue weighted by Crippen LogP contribution is 2.18. The van der Waals surface area contributed by atoms with Gasteiger partial charge >= 0.3 is 0 Å². The zero-order valence-electron chi connectivity index (χ0n) is 11.9. The van der Waals surface area contributed by atoms with Crippen molar-refractivity contribution >= 4 is 11.0 Å². The summed E-state index contributed by atoms with van der Waals surface area (Å²) >= 11 is 0. The highest BCUT2D eigenvalue weighted by atomic mass is 19.1. The standard InChI is InChI=1S/C16H17FN4/c1-2-7-18-11-12-8-13(17)10-14(9-12)21-16-6-4-3-5-15(16)19-20-21/h3-6,8-10,18H,2,7,11H2,1H3. The number of hydrogen-bond acceptors (Lipinski definition) is 3. The lowest BCUT2D eigenvalue weighted by Gasteiger charge is -2.08. The van der Waals surface area contributed by atoms with Crippen molar-refractivity contribution in [2.45, 2.75) is 19.9 Å². The molecule has 0 aliphatic carbocycles. The predicted molar refractivity (Wildman–Crippen MR) is 80.8 cm³/mol. The first-order chi connectivity index (χ1) is 10.3. The molecule has 0 unspecified atom stereocenters. The number of nitrogens with one attached hydrogen (secondary N) is 1. The van der Waals surface area contributed by atoms with Crippen molar-refractivity contribution in [3.8, 4) is 5.69 Å². The summed E-state index contributed by atoms with van der Waals surface area (Å²) in [5.74, 6) is -0.264. The van der Waals surface area contributed by atoms with Gasteiger partial charge in [-0.15, -0.1) is 5.10 Å². The summed E-state index contributed by atoms with van der Waals surface area (Å²) < 4.78 is 15.5. The van der Waals surface area contributed by atoms with E-state index >= 15 is 0 Å². The molecule has 2 aromatic carbocycles. The van der Waals surface area contributed by atoms with Gasteiger partial charge in [-0.1, -0.05) is 24.3 Å². The number of nitrogens with zero attached hydrogens (tertiary/aromatic N) is 3. The van der Waals surface area contributed by atoms with E-state index in [9.17, 15) is 4.39 Å². The van der Waals surface area contributed by atoms with E-state index in [1.54, 1.807) is 10.7 Å². The molecule has 0 radical (unpaired) electrons. The van der Waals surface area contributed by atoms with Gasteiger partial charge in [-0.05, 0) is 48.9 Å². The van der Waals surface area contributed by atoms with E-state index in [4.69, 9.17) is 0 Å². The number of benzene rings is 2. The average molecular weight is 284 g/mol. The number of aromatic nitrogens is 3. The van der Waals surface area contributed by atoms with E-state index in [1.807, 2.05) is 30.3 Å². The third kappa shape index (κ3) is 2.92. The Morgan fingerprint density at radius 1 is 1.19 bits per heavy atom. The van der Waals surface area contributed by atoms with E-state index in [0.29, 0.717) is 12.2 Å². The molecule has 0 amide bonds. The Morgan fingerprint density at radius 3 is 2.90 bits per heavy atom. The molecule has 1 heterocycles. The second-order valence-electron chi connectivity index (χ2n) is 4.98. The summed E-state index contributed by atoms with van der Waals surface area (Å²) in [7, 11) is 0. The fraction of sp³-hybridized carbons (Fsp3) is 0.250. The summed E-state index contributed by atoms with van der Waals surface area (Å²) in [6.07, 6.45) is 1.05. The molecule has 0 spiro atoms. The van der Waals surface area contributed by atoms with E-state index < -0.39 is 0 Å². The molecule has 3 rings (SSSR count). The molecule has 5 heteroatoms. The molecular formula is C16H17FN4. The minimum Gasteiger partial charge on any atom is -0.313 e. The van der Waals surface area contributed by atoms with Gasteiger partial charge in [0.05, 0.1) is 11.2 Å². The summed E-state index contributed by atoms with van der Waals surface area (Å²) in [4.78, 5) is 0. The second-order valence-corrected chi connectivity index (χ2v) is 4.98. The van der Waals surface area contributed by atoms with Gasteiger partial charge in [-0.3, -0.25) is 0 Å². The molecule has 1 aromatic heterocycles. The molecule has 0 fully saturated rings. The first-order valence-electron chi connectivity index (χ1n) is 7.09. The summed E-state index contributed by atoms with van der Waals surface area (Å²) in [6, 6.07) is 12.6. The molecule has 0 atom stereocenters. The number of para-hydroxylation sites is 1. The van der Waals surface area contributed by atoms with Gasteiger partial charge in [0.25, 0.3) is 0 Å². The zero-order valence-corrected chi connectivity index (χ0v) is 11.9. The van der Waals surface area contributed by atoms with Crippen molar-refractivity contribution in [1.29, 1.82) is 0 Å².